The predicted molar refractivity (Wildman–Crippen MR) is 123 cm³/mol. The Labute approximate surface area is 181 Å². The van der Waals surface area contributed by atoms with Gasteiger partial charge in [-0.3, -0.25) is 9.36 Å². The Balaban J connectivity index is 1.38. The third-order valence-electron chi connectivity index (χ3n) is 5.02. The summed E-state index contributed by atoms with van der Waals surface area (Å²) in [5.74, 6) is 0.969. The van der Waals surface area contributed by atoms with Crippen molar-refractivity contribution >= 4 is 29.0 Å². The molecule has 7 heteroatoms. The summed E-state index contributed by atoms with van der Waals surface area (Å²) in [6.07, 6.45) is 4.30. The van der Waals surface area contributed by atoms with Gasteiger partial charge in [0.2, 0.25) is 5.91 Å². The fraction of sp³-hybridized carbons (Fsp3) is 0.261. The molecule has 1 fully saturated rings. The van der Waals surface area contributed by atoms with Gasteiger partial charge in [-0.2, -0.15) is 0 Å². The molecule has 1 aliphatic heterocycles. The standard InChI is InChI=1S/C23H25N5OS/c1-2-14-28-22(18-8-4-3-5-9-18)25-26-23(28)30-17-21(29)24-19-10-12-20(13-11-19)27-15-6-7-16-27/h2-5,8-13H,1,6-7,14-17H2,(H,24,29). The monoisotopic (exact) mass is 419 g/mol. The molecule has 4 rings (SSSR count). The van der Waals surface area contributed by atoms with Crippen LogP contribution in [0.25, 0.3) is 11.4 Å². The first kappa shape index (κ1) is 20.2. The van der Waals surface area contributed by atoms with Crippen LogP contribution in [0.2, 0.25) is 0 Å². The number of nitrogens with one attached hydrogen (secondary N) is 1. The molecule has 0 unspecified atom stereocenters. The minimum absolute atomic E-state index is 0.0664. The number of aromatic nitrogens is 3. The lowest BCUT2D eigenvalue weighted by molar-refractivity contribution is -0.113. The minimum atomic E-state index is -0.0664. The Morgan fingerprint density at radius 3 is 2.50 bits per heavy atom. The van der Waals surface area contributed by atoms with Crippen LogP contribution in [0.5, 0.6) is 0 Å². The number of hydrogen-bond donors (Lipinski definition) is 1. The number of carbonyl (C=O) groups excluding carboxylic acids is 1. The van der Waals surface area contributed by atoms with Gasteiger partial charge < -0.3 is 10.2 Å². The zero-order valence-electron chi connectivity index (χ0n) is 16.8. The molecule has 0 atom stereocenters. The van der Waals surface area contributed by atoms with Crippen molar-refractivity contribution in [2.24, 2.45) is 0 Å². The van der Waals surface area contributed by atoms with Gasteiger partial charge in [0, 0.05) is 36.6 Å². The second kappa shape index (κ2) is 9.63. The molecule has 1 amide bonds. The van der Waals surface area contributed by atoms with Crippen LogP contribution in [0.3, 0.4) is 0 Å². The zero-order valence-corrected chi connectivity index (χ0v) is 17.6. The summed E-state index contributed by atoms with van der Waals surface area (Å²) in [4.78, 5) is 14.8. The van der Waals surface area contributed by atoms with E-state index in [-0.39, 0.29) is 11.7 Å². The molecule has 6 nitrogen and oxygen atoms in total. The van der Waals surface area contributed by atoms with Gasteiger partial charge in [-0.1, -0.05) is 48.2 Å². The summed E-state index contributed by atoms with van der Waals surface area (Å²) in [5.41, 5.74) is 3.01. The van der Waals surface area contributed by atoms with Gasteiger partial charge in [0.15, 0.2) is 11.0 Å². The number of rotatable bonds is 8. The van der Waals surface area contributed by atoms with Crippen LogP contribution in [0, 0.1) is 0 Å². The SMILES string of the molecule is C=CCn1c(SCC(=O)Nc2ccc(N3CCCC3)cc2)nnc1-c1ccccc1. The minimum Gasteiger partial charge on any atom is -0.372 e. The second-order valence-corrected chi connectivity index (χ2v) is 8.09. The van der Waals surface area contributed by atoms with E-state index < -0.39 is 0 Å². The van der Waals surface area contributed by atoms with Crippen molar-refractivity contribution in [3.05, 3.63) is 67.3 Å². The van der Waals surface area contributed by atoms with E-state index in [9.17, 15) is 4.79 Å². The first-order chi connectivity index (χ1) is 14.7. The molecule has 2 aromatic carbocycles. The van der Waals surface area contributed by atoms with Crippen LogP contribution < -0.4 is 10.2 Å². The van der Waals surface area contributed by atoms with Crippen LogP contribution in [0.4, 0.5) is 11.4 Å². The summed E-state index contributed by atoms with van der Waals surface area (Å²) < 4.78 is 1.98. The molecule has 2 heterocycles. The van der Waals surface area contributed by atoms with Crippen molar-refractivity contribution in [2.45, 2.75) is 24.5 Å². The zero-order chi connectivity index (χ0) is 20.8. The van der Waals surface area contributed by atoms with Crippen molar-refractivity contribution in [1.82, 2.24) is 14.8 Å². The quantitative estimate of drug-likeness (QED) is 0.431. The highest BCUT2D eigenvalue weighted by Crippen LogP contribution is 2.25. The molecule has 1 N–H and O–H groups in total. The third kappa shape index (κ3) is 4.74. The highest BCUT2D eigenvalue weighted by atomic mass is 32.2. The first-order valence-electron chi connectivity index (χ1n) is 10.1. The maximum atomic E-state index is 12.5. The summed E-state index contributed by atoms with van der Waals surface area (Å²) in [5, 5.41) is 12.3. The highest BCUT2D eigenvalue weighted by molar-refractivity contribution is 7.99. The molecule has 1 aliphatic rings. The third-order valence-corrected chi connectivity index (χ3v) is 5.98. The molecule has 3 aromatic rings. The number of hydrogen-bond acceptors (Lipinski definition) is 5. The van der Waals surface area contributed by atoms with E-state index >= 15 is 0 Å². The number of amides is 1. The van der Waals surface area contributed by atoms with Crippen LogP contribution in [0.15, 0.2) is 72.4 Å². The van der Waals surface area contributed by atoms with Gasteiger partial charge in [0.05, 0.1) is 5.75 Å². The number of nitrogens with zero attached hydrogens (tertiary/aromatic N) is 4. The summed E-state index contributed by atoms with van der Waals surface area (Å²) >= 11 is 1.37. The van der Waals surface area contributed by atoms with E-state index in [2.05, 4.69) is 39.1 Å². The Hall–Kier alpha value is -3.06. The molecule has 0 bridgehead atoms. The molecule has 0 spiro atoms. The first-order valence-corrected chi connectivity index (χ1v) is 11.1. The van der Waals surface area contributed by atoms with E-state index in [0.717, 1.165) is 30.2 Å². The molecular weight excluding hydrogens is 394 g/mol. The summed E-state index contributed by atoms with van der Waals surface area (Å²) in [6, 6.07) is 18.0. The Morgan fingerprint density at radius 2 is 1.80 bits per heavy atom. The van der Waals surface area contributed by atoms with E-state index in [1.807, 2.05) is 53.1 Å². The van der Waals surface area contributed by atoms with Crippen molar-refractivity contribution < 1.29 is 4.79 Å². The van der Waals surface area contributed by atoms with Crippen LogP contribution in [-0.4, -0.2) is 39.5 Å². The van der Waals surface area contributed by atoms with Gasteiger partial charge in [0.25, 0.3) is 0 Å². The average Bonchev–Trinajstić information content (AvgIpc) is 3.44. The van der Waals surface area contributed by atoms with Crippen molar-refractivity contribution in [1.29, 1.82) is 0 Å². The summed E-state index contributed by atoms with van der Waals surface area (Å²) in [6.45, 7) is 6.63. The fourth-order valence-corrected chi connectivity index (χ4v) is 4.30. The second-order valence-electron chi connectivity index (χ2n) is 7.15. The average molecular weight is 420 g/mol. The Kier molecular flexibility index (Phi) is 6.49. The molecule has 30 heavy (non-hydrogen) atoms. The maximum Gasteiger partial charge on any atom is 0.234 e. The number of carbonyl (C=O) groups is 1. The lowest BCUT2D eigenvalue weighted by Gasteiger charge is -2.17. The molecule has 1 aromatic heterocycles. The number of thioether (sulfide) groups is 1. The topological polar surface area (TPSA) is 63.1 Å². The molecule has 0 aliphatic carbocycles. The molecular formula is C23H25N5OS. The molecule has 0 radical (unpaired) electrons. The van der Waals surface area contributed by atoms with Gasteiger partial charge >= 0.3 is 0 Å². The van der Waals surface area contributed by atoms with Gasteiger partial charge in [0.1, 0.15) is 0 Å². The Bertz CT molecular complexity index is 994. The maximum absolute atomic E-state index is 12.5. The van der Waals surface area contributed by atoms with Crippen molar-refractivity contribution in [2.75, 3.05) is 29.1 Å². The molecule has 1 saturated heterocycles. The number of benzene rings is 2. The van der Waals surface area contributed by atoms with Crippen LogP contribution in [-0.2, 0) is 11.3 Å². The van der Waals surface area contributed by atoms with E-state index in [1.165, 1.54) is 30.3 Å². The van der Waals surface area contributed by atoms with Gasteiger partial charge in [-0.25, -0.2) is 0 Å². The fourth-order valence-electron chi connectivity index (χ4n) is 3.55. The van der Waals surface area contributed by atoms with E-state index in [4.69, 9.17) is 0 Å². The van der Waals surface area contributed by atoms with Crippen LogP contribution >= 0.6 is 11.8 Å². The normalized spacial score (nSPS) is 13.4. The highest BCUT2D eigenvalue weighted by Gasteiger charge is 2.15. The lowest BCUT2D eigenvalue weighted by Crippen LogP contribution is -2.18. The molecule has 154 valence electrons. The molecule has 0 saturated carbocycles. The van der Waals surface area contributed by atoms with Crippen LogP contribution in [0.1, 0.15) is 12.8 Å². The number of allylic oxidation sites excluding steroid dienone is 1. The lowest BCUT2D eigenvalue weighted by atomic mass is 10.2. The van der Waals surface area contributed by atoms with E-state index in [0.29, 0.717) is 11.7 Å². The van der Waals surface area contributed by atoms with Gasteiger partial charge in [-0.15, -0.1) is 16.8 Å². The van der Waals surface area contributed by atoms with Crippen molar-refractivity contribution in [3.8, 4) is 11.4 Å². The largest absolute Gasteiger partial charge is 0.372 e. The predicted octanol–water partition coefficient (Wildman–Crippen LogP) is 4.46. The van der Waals surface area contributed by atoms with Crippen molar-refractivity contribution in [3.63, 3.8) is 0 Å². The Morgan fingerprint density at radius 1 is 1.07 bits per heavy atom. The smallest absolute Gasteiger partial charge is 0.234 e. The number of anilines is 2. The van der Waals surface area contributed by atoms with E-state index in [1.54, 1.807) is 0 Å². The van der Waals surface area contributed by atoms with Gasteiger partial charge in [-0.05, 0) is 37.1 Å². The summed E-state index contributed by atoms with van der Waals surface area (Å²) in [7, 11) is 0.